The first-order valence-corrected chi connectivity index (χ1v) is 10.8. The van der Waals surface area contributed by atoms with E-state index in [0.717, 1.165) is 22.0 Å². The number of aromatic nitrogens is 2. The van der Waals surface area contributed by atoms with Crippen LogP contribution in [0.25, 0.3) is 10.9 Å². The predicted octanol–water partition coefficient (Wildman–Crippen LogP) is 4.46. The molecule has 0 radical (unpaired) electrons. The lowest BCUT2D eigenvalue weighted by Gasteiger charge is -2.36. The molecule has 4 aromatic rings. The first kappa shape index (κ1) is 20.7. The molecule has 0 unspecified atom stereocenters. The van der Waals surface area contributed by atoms with E-state index in [1.165, 1.54) is 0 Å². The lowest BCUT2D eigenvalue weighted by atomic mass is 9.92. The molecule has 0 saturated carbocycles. The third kappa shape index (κ3) is 4.00. The first-order valence-electron chi connectivity index (χ1n) is 10.5. The fraction of sp³-hybridized carbons (Fsp3) is 0.200. The highest BCUT2D eigenvalue weighted by Gasteiger charge is 2.47. The molecule has 3 heterocycles. The Balaban J connectivity index is 1.51. The van der Waals surface area contributed by atoms with Gasteiger partial charge in [-0.15, -0.1) is 0 Å². The van der Waals surface area contributed by atoms with Gasteiger partial charge in [-0.3, -0.25) is 4.79 Å². The number of amides is 1. The predicted molar refractivity (Wildman–Crippen MR) is 123 cm³/mol. The van der Waals surface area contributed by atoms with Crippen molar-refractivity contribution in [2.75, 3.05) is 13.2 Å². The molecule has 1 aliphatic heterocycles. The average Bonchev–Trinajstić information content (AvgIpc) is 3.48. The molecule has 1 atom stereocenters. The van der Waals surface area contributed by atoms with Crippen molar-refractivity contribution < 1.29 is 14.3 Å². The van der Waals surface area contributed by atoms with Gasteiger partial charge in [0.2, 0.25) is 5.79 Å². The number of nitrogens with zero attached hydrogens (tertiary/aromatic N) is 1. The Kier molecular flexibility index (Phi) is 5.66. The molecule has 162 valence electrons. The van der Waals surface area contributed by atoms with Crippen LogP contribution in [-0.4, -0.2) is 35.1 Å². The van der Waals surface area contributed by atoms with Crippen molar-refractivity contribution in [3.05, 3.63) is 101 Å². The Morgan fingerprint density at radius 1 is 1.06 bits per heavy atom. The number of carbonyl (C=O) groups excluding carboxylic acids is 1. The van der Waals surface area contributed by atoms with Crippen molar-refractivity contribution in [2.24, 2.45) is 0 Å². The lowest BCUT2D eigenvalue weighted by molar-refractivity contribution is -0.186. The normalized spacial score (nSPS) is 16.2. The molecule has 5 rings (SSSR count). The van der Waals surface area contributed by atoms with Crippen molar-refractivity contribution in [1.82, 2.24) is 15.3 Å². The Morgan fingerprint density at radius 2 is 1.75 bits per heavy atom. The van der Waals surface area contributed by atoms with E-state index in [9.17, 15) is 4.79 Å². The summed E-state index contributed by atoms with van der Waals surface area (Å²) in [4.78, 5) is 20.5. The minimum absolute atomic E-state index is 0.257. The van der Waals surface area contributed by atoms with E-state index < -0.39 is 11.8 Å². The van der Waals surface area contributed by atoms with Crippen LogP contribution in [-0.2, 0) is 21.7 Å². The molecule has 2 aromatic heterocycles. The molecular weight excluding hydrogens is 426 g/mol. The molecule has 0 aliphatic carbocycles. The molecule has 32 heavy (non-hydrogen) atoms. The number of hydrogen-bond acceptors (Lipinski definition) is 4. The molecular formula is C25H22ClN3O3. The van der Waals surface area contributed by atoms with Crippen molar-refractivity contribution in [2.45, 2.75) is 18.2 Å². The number of benzene rings is 2. The number of carbonyl (C=O) groups is 1. The summed E-state index contributed by atoms with van der Waals surface area (Å²) in [5.41, 5.74) is 3.10. The van der Waals surface area contributed by atoms with Crippen LogP contribution in [0.4, 0.5) is 0 Å². The van der Waals surface area contributed by atoms with Crippen molar-refractivity contribution in [3.63, 3.8) is 0 Å². The SMILES string of the molecule is O=C(N[C@@H](Cc1ccccc1)C1(c2ccccc2)OCCO1)c1cc2cc(Cl)ncc2[nH]1. The molecule has 0 spiro atoms. The summed E-state index contributed by atoms with van der Waals surface area (Å²) in [6, 6.07) is 22.8. The standard InChI is InChI=1S/C25H22ClN3O3/c26-23-15-18-14-20(28-21(18)16-27-23)24(30)29-22(13-17-7-3-1-4-8-17)25(31-11-12-32-25)19-9-5-2-6-10-19/h1-10,14-16,22,28H,11-13H2,(H,29,30)/t22-/m0/s1. The van der Waals surface area contributed by atoms with Crippen LogP contribution in [0.15, 0.2) is 79.0 Å². The zero-order valence-corrected chi connectivity index (χ0v) is 18.0. The third-order valence-electron chi connectivity index (χ3n) is 5.66. The number of ether oxygens (including phenoxy) is 2. The van der Waals surface area contributed by atoms with Gasteiger partial charge in [0.25, 0.3) is 5.91 Å². The number of fused-ring (bicyclic) bond motifs is 1. The van der Waals surface area contributed by atoms with Gasteiger partial charge in [0.1, 0.15) is 10.8 Å². The topological polar surface area (TPSA) is 76.2 Å². The highest BCUT2D eigenvalue weighted by Crippen LogP contribution is 2.36. The summed E-state index contributed by atoms with van der Waals surface area (Å²) in [6.45, 7) is 0.902. The van der Waals surface area contributed by atoms with Crippen LogP contribution in [0.5, 0.6) is 0 Å². The minimum atomic E-state index is -1.08. The molecule has 2 aromatic carbocycles. The van der Waals surface area contributed by atoms with Crippen molar-refractivity contribution in [1.29, 1.82) is 0 Å². The van der Waals surface area contributed by atoms with Crippen LogP contribution in [0.1, 0.15) is 21.6 Å². The smallest absolute Gasteiger partial charge is 0.268 e. The average molecular weight is 448 g/mol. The largest absolute Gasteiger partial charge is 0.349 e. The maximum absolute atomic E-state index is 13.3. The Hall–Kier alpha value is -3.19. The maximum Gasteiger partial charge on any atom is 0.268 e. The monoisotopic (exact) mass is 447 g/mol. The number of H-pyrrole nitrogens is 1. The molecule has 6 nitrogen and oxygen atoms in total. The molecule has 1 aliphatic rings. The summed E-state index contributed by atoms with van der Waals surface area (Å²) in [6.07, 6.45) is 2.15. The van der Waals surface area contributed by atoms with Crippen LogP contribution in [0.2, 0.25) is 5.15 Å². The van der Waals surface area contributed by atoms with Gasteiger partial charge < -0.3 is 19.8 Å². The quantitative estimate of drug-likeness (QED) is 0.428. The molecule has 0 bridgehead atoms. The summed E-state index contributed by atoms with van der Waals surface area (Å²) in [5.74, 6) is -1.34. The van der Waals surface area contributed by atoms with Gasteiger partial charge in [0.05, 0.1) is 31.0 Å². The van der Waals surface area contributed by atoms with E-state index >= 15 is 0 Å². The highest BCUT2D eigenvalue weighted by atomic mass is 35.5. The second kappa shape index (κ2) is 8.74. The minimum Gasteiger partial charge on any atom is -0.349 e. The number of aromatic amines is 1. The Morgan fingerprint density at radius 3 is 2.47 bits per heavy atom. The molecule has 7 heteroatoms. The summed E-state index contributed by atoms with van der Waals surface area (Å²) in [7, 11) is 0. The fourth-order valence-corrected chi connectivity index (χ4v) is 4.33. The van der Waals surface area contributed by atoms with Gasteiger partial charge in [-0.1, -0.05) is 72.3 Å². The number of nitrogens with one attached hydrogen (secondary N) is 2. The number of rotatable bonds is 6. The number of halogens is 1. The van der Waals surface area contributed by atoms with E-state index in [2.05, 4.69) is 15.3 Å². The first-order chi connectivity index (χ1) is 15.6. The zero-order valence-electron chi connectivity index (χ0n) is 17.3. The van der Waals surface area contributed by atoms with Crippen LogP contribution >= 0.6 is 11.6 Å². The second-order valence-electron chi connectivity index (χ2n) is 7.72. The van der Waals surface area contributed by atoms with Gasteiger partial charge in [-0.2, -0.15) is 0 Å². The van der Waals surface area contributed by atoms with Crippen LogP contribution in [0, 0.1) is 0 Å². The zero-order chi connectivity index (χ0) is 22.0. The second-order valence-corrected chi connectivity index (χ2v) is 8.11. The highest BCUT2D eigenvalue weighted by molar-refractivity contribution is 6.30. The van der Waals surface area contributed by atoms with E-state index in [4.69, 9.17) is 21.1 Å². The number of pyridine rings is 1. The Labute approximate surface area is 190 Å². The van der Waals surface area contributed by atoms with Crippen molar-refractivity contribution in [3.8, 4) is 0 Å². The number of hydrogen-bond donors (Lipinski definition) is 2. The summed E-state index contributed by atoms with van der Waals surface area (Å²) in [5, 5.41) is 4.36. The molecule has 1 fully saturated rings. The molecule has 1 amide bonds. The molecule has 1 saturated heterocycles. The summed E-state index contributed by atoms with van der Waals surface area (Å²) < 4.78 is 12.4. The van der Waals surface area contributed by atoms with Crippen LogP contribution < -0.4 is 5.32 Å². The van der Waals surface area contributed by atoms with E-state index in [1.807, 2.05) is 60.7 Å². The van der Waals surface area contributed by atoms with Crippen LogP contribution in [0.3, 0.4) is 0 Å². The van der Waals surface area contributed by atoms with Gasteiger partial charge in [-0.25, -0.2) is 4.98 Å². The molecule has 2 N–H and O–H groups in total. The van der Waals surface area contributed by atoms with Gasteiger partial charge in [-0.05, 0) is 24.1 Å². The van der Waals surface area contributed by atoms with Crippen molar-refractivity contribution >= 4 is 28.4 Å². The van der Waals surface area contributed by atoms with Gasteiger partial charge in [0.15, 0.2) is 0 Å². The van der Waals surface area contributed by atoms with Gasteiger partial charge in [0, 0.05) is 10.9 Å². The maximum atomic E-state index is 13.3. The van der Waals surface area contributed by atoms with Gasteiger partial charge >= 0.3 is 0 Å². The summed E-state index contributed by atoms with van der Waals surface area (Å²) >= 11 is 6.00. The Bertz CT molecular complexity index is 1220. The van der Waals surface area contributed by atoms with E-state index in [-0.39, 0.29) is 5.91 Å². The van der Waals surface area contributed by atoms with E-state index in [1.54, 1.807) is 18.3 Å². The van der Waals surface area contributed by atoms with E-state index in [0.29, 0.717) is 30.5 Å². The fourth-order valence-electron chi connectivity index (χ4n) is 4.16. The third-order valence-corrected chi connectivity index (χ3v) is 5.86. The lowest BCUT2D eigenvalue weighted by Crippen LogP contribution is -2.52.